The minimum Gasteiger partial charge on any atom is -0.358 e. The molecule has 1 N–H and O–H groups in total. The van der Waals surface area contributed by atoms with Crippen molar-refractivity contribution in [3.63, 3.8) is 0 Å². The Morgan fingerprint density at radius 1 is 1.18 bits per heavy atom. The number of likely N-dealkylation sites (tertiary alicyclic amines) is 2. The first kappa shape index (κ1) is 23.7. The Morgan fingerprint density at radius 3 is 2.67 bits per heavy atom. The molecule has 0 saturated carbocycles. The van der Waals surface area contributed by atoms with Crippen LogP contribution in [0.4, 0.5) is 19.0 Å². The molecule has 3 atom stereocenters. The zero-order valence-corrected chi connectivity index (χ0v) is 19.4. The Hall–Kier alpha value is -2.42. The van der Waals surface area contributed by atoms with Gasteiger partial charge in [-0.1, -0.05) is 13.3 Å². The molecule has 33 heavy (non-hydrogen) atoms. The van der Waals surface area contributed by atoms with E-state index in [4.69, 9.17) is 0 Å². The van der Waals surface area contributed by atoms with Crippen molar-refractivity contribution in [2.75, 3.05) is 25.0 Å². The summed E-state index contributed by atoms with van der Waals surface area (Å²) < 4.78 is 39.7. The summed E-state index contributed by atoms with van der Waals surface area (Å²) in [7, 11) is 0. The summed E-state index contributed by atoms with van der Waals surface area (Å²) in [6.07, 6.45) is 0.561. The lowest BCUT2D eigenvalue weighted by atomic mass is 9.86. The molecule has 2 aliphatic heterocycles. The van der Waals surface area contributed by atoms with Crippen LogP contribution in [0.3, 0.4) is 0 Å². The van der Waals surface area contributed by atoms with Crippen LogP contribution in [0.1, 0.15) is 52.0 Å². The first-order chi connectivity index (χ1) is 15.7. The molecule has 1 amide bonds. The van der Waals surface area contributed by atoms with Gasteiger partial charge < -0.3 is 15.1 Å². The quantitative estimate of drug-likeness (QED) is 0.681. The number of anilines is 1. The van der Waals surface area contributed by atoms with Crippen molar-refractivity contribution in [2.45, 2.75) is 70.8 Å². The fourth-order valence-corrected chi connectivity index (χ4v) is 5.26. The standard InChI is InChI=1S/C24H32F3N5O/c1-4-5-16-13-31(15(2)3)10-9-21(16)32-11-8-20(23(32)33)30-22-18-12-17(24(25,26)27)6-7-19(18)28-14-29-22/h6-7,12,14-16,20-21H,4-5,8-11,13H2,1-3H3,(H,28,29,30)/t16-,20?,21+/m1/s1. The predicted molar refractivity (Wildman–Crippen MR) is 122 cm³/mol. The molecular formula is C24H32F3N5O. The smallest absolute Gasteiger partial charge is 0.358 e. The van der Waals surface area contributed by atoms with Crippen LogP contribution < -0.4 is 5.32 Å². The third-order valence-electron chi connectivity index (χ3n) is 7.03. The van der Waals surface area contributed by atoms with Gasteiger partial charge in [-0.2, -0.15) is 13.2 Å². The van der Waals surface area contributed by atoms with Gasteiger partial charge in [-0.05, 0) is 57.2 Å². The van der Waals surface area contributed by atoms with Crippen LogP contribution >= 0.6 is 0 Å². The van der Waals surface area contributed by atoms with Crippen molar-refractivity contribution >= 4 is 22.6 Å². The summed E-state index contributed by atoms with van der Waals surface area (Å²) in [6.45, 7) is 9.22. The van der Waals surface area contributed by atoms with Gasteiger partial charge in [0.15, 0.2) is 0 Å². The van der Waals surface area contributed by atoms with E-state index in [1.54, 1.807) is 0 Å². The van der Waals surface area contributed by atoms with Gasteiger partial charge in [-0.3, -0.25) is 4.79 Å². The molecule has 2 aliphatic rings. The third-order valence-corrected chi connectivity index (χ3v) is 7.03. The Bertz CT molecular complexity index is 996. The number of alkyl halides is 3. The molecule has 6 nitrogen and oxygen atoms in total. The van der Waals surface area contributed by atoms with Crippen molar-refractivity contribution in [1.82, 2.24) is 19.8 Å². The number of amides is 1. The summed E-state index contributed by atoms with van der Waals surface area (Å²) in [4.78, 5) is 26.1. The number of carbonyl (C=O) groups is 1. The Kier molecular flexibility index (Phi) is 6.79. The highest BCUT2D eigenvalue weighted by atomic mass is 19.4. The van der Waals surface area contributed by atoms with Crippen molar-refractivity contribution in [1.29, 1.82) is 0 Å². The van der Waals surface area contributed by atoms with Crippen molar-refractivity contribution in [3.8, 4) is 0 Å². The molecule has 0 radical (unpaired) electrons. The van der Waals surface area contributed by atoms with Crippen LogP contribution in [0.5, 0.6) is 0 Å². The number of halogens is 3. The molecule has 4 rings (SSSR count). The molecule has 180 valence electrons. The van der Waals surface area contributed by atoms with E-state index in [1.165, 1.54) is 12.4 Å². The van der Waals surface area contributed by atoms with E-state index in [-0.39, 0.29) is 23.2 Å². The molecule has 2 fully saturated rings. The normalized spacial score (nSPS) is 24.8. The second kappa shape index (κ2) is 9.44. The van der Waals surface area contributed by atoms with Gasteiger partial charge in [-0.25, -0.2) is 9.97 Å². The van der Waals surface area contributed by atoms with E-state index in [2.05, 4.69) is 41.0 Å². The molecular weight excluding hydrogens is 431 g/mol. The van der Waals surface area contributed by atoms with E-state index >= 15 is 0 Å². The molecule has 2 aromatic rings. The maximum atomic E-state index is 13.4. The first-order valence-corrected chi connectivity index (χ1v) is 11.8. The zero-order chi connectivity index (χ0) is 23.8. The average molecular weight is 464 g/mol. The number of nitrogens with zero attached hydrogens (tertiary/aromatic N) is 4. The molecule has 2 saturated heterocycles. The van der Waals surface area contributed by atoms with Gasteiger partial charge in [-0.15, -0.1) is 0 Å². The average Bonchev–Trinajstić information content (AvgIpc) is 3.13. The van der Waals surface area contributed by atoms with Crippen LogP contribution in [0.25, 0.3) is 10.9 Å². The van der Waals surface area contributed by atoms with Crippen LogP contribution in [-0.2, 0) is 11.0 Å². The van der Waals surface area contributed by atoms with Crippen molar-refractivity contribution in [2.24, 2.45) is 5.92 Å². The van der Waals surface area contributed by atoms with E-state index in [0.717, 1.165) is 44.5 Å². The summed E-state index contributed by atoms with van der Waals surface area (Å²) in [5, 5.41) is 3.41. The van der Waals surface area contributed by atoms with Crippen molar-refractivity contribution < 1.29 is 18.0 Å². The van der Waals surface area contributed by atoms with Crippen LogP contribution in [0, 0.1) is 5.92 Å². The lowest BCUT2D eigenvalue weighted by Crippen LogP contribution is -2.53. The largest absolute Gasteiger partial charge is 0.416 e. The highest BCUT2D eigenvalue weighted by Crippen LogP contribution is 2.34. The fraction of sp³-hybridized carbons (Fsp3) is 0.625. The Labute approximate surface area is 192 Å². The minimum atomic E-state index is -4.46. The van der Waals surface area contributed by atoms with Gasteiger partial charge in [0.1, 0.15) is 18.2 Å². The van der Waals surface area contributed by atoms with E-state index in [9.17, 15) is 18.0 Å². The topological polar surface area (TPSA) is 61.4 Å². The molecule has 9 heteroatoms. The molecule has 0 aliphatic carbocycles. The number of piperidine rings is 1. The Morgan fingerprint density at radius 2 is 1.97 bits per heavy atom. The maximum absolute atomic E-state index is 13.4. The van der Waals surface area contributed by atoms with E-state index < -0.39 is 17.8 Å². The summed E-state index contributed by atoms with van der Waals surface area (Å²) in [5.74, 6) is 0.715. The molecule has 1 aromatic heterocycles. The maximum Gasteiger partial charge on any atom is 0.416 e. The number of nitrogens with one attached hydrogen (secondary N) is 1. The minimum absolute atomic E-state index is 0.0119. The number of aromatic nitrogens is 2. The van der Waals surface area contributed by atoms with Crippen LogP contribution in [0.15, 0.2) is 24.5 Å². The number of hydrogen-bond acceptors (Lipinski definition) is 5. The number of benzene rings is 1. The van der Waals surface area contributed by atoms with Crippen molar-refractivity contribution in [3.05, 3.63) is 30.1 Å². The van der Waals surface area contributed by atoms with Gasteiger partial charge in [0.05, 0.1) is 11.1 Å². The van der Waals surface area contributed by atoms with Gasteiger partial charge in [0.25, 0.3) is 0 Å². The van der Waals surface area contributed by atoms with Crippen LogP contribution in [-0.4, -0.2) is 63.4 Å². The second-order valence-corrected chi connectivity index (χ2v) is 9.46. The first-order valence-electron chi connectivity index (χ1n) is 11.8. The molecule has 0 bridgehead atoms. The lowest BCUT2D eigenvalue weighted by Gasteiger charge is -2.44. The number of hydrogen-bond donors (Lipinski definition) is 1. The molecule has 3 heterocycles. The highest BCUT2D eigenvalue weighted by Gasteiger charge is 2.41. The summed E-state index contributed by atoms with van der Waals surface area (Å²) in [6, 6.07) is 3.60. The summed E-state index contributed by atoms with van der Waals surface area (Å²) in [5.41, 5.74) is -0.349. The van der Waals surface area contributed by atoms with Crippen LogP contribution in [0.2, 0.25) is 0 Å². The third kappa shape index (κ3) is 4.93. The number of rotatable bonds is 6. The van der Waals surface area contributed by atoms with E-state index in [1.807, 2.05) is 4.90 Å². The number of carbonyl (C=O) groups excluding carboxylic acids is 1. The van der Waals surface area contributed by atoms with Gasteiger partial charge in [0.2, 0.25) is 5.91 Å². The SMILES string of the molecule is CCC[C@@H]1CN(C(C)C)CC[C@@H]1N1CCC(Nc2ncnc3ccc(C(F)(F)F)cc23)C1=O. The number of fused-ring (bicyclic) bond motifs is 1. The van der Waals surface area contributed by atoms with Gasteiger partial charge >= 0.3 is 6.18 Å². The Balaban J connectivity index is 1.52. The van der Waals surface area contributed by atoms with Gasteiger partial charge in [0, 0.05) is 37.1 Å². The molecule has 1 aromatic carbocycles. The lowest BCUT2D eigenvalue weighted by molar-refractivity contribution is -0.137. The zero-order valence-electron chi connectivity index (χ0n) is 19.4. The monoisotopic (exact) mass is 463 g/mol. The fourth-order valence-electron chi connectivity index (χ4n) is 5.26. The van der Waals surface area contributed by atoms with E-state index in [0.29, 0.717) is 30.4 Å². The molecule has 0 spiro atoms. The predicted octanol–water partition coefficient (Wildman–Crippen LogP) is 4.56. The second-order valence-electron chi connectivity index (χ2n) is 9.46. The summed E-state index contributed by atoms with van der Waals surface area (Å²) >= 11 is 0. The highest BCUT2D eigenvalue weighted by molar-refractivity contribution is 5.93. The molecule has 1 unspecified atom stereocenters.